The summed E-state index contributed by atoms with van der Waals surface area (Å²) in [6.45, 7) is 5.60. The number of likely N-dealkylation sites (N-methyl/N-ethyl adjacent to an activating group) is 1. The fourth-order valence-corrected chi connectivity index (χ4v) is 5.56. The second-order valence-electron chi connectivity index (χ2n) is 10.2. The van der Waals surface area contributed by atoms with E-state index in [0.717, 1.165) is 18.4 Å². The van der Waals surface area contributed by atoms with Crippen molar-refractivity contribution in [3.8, 4) is 5.75 Å². The number of nitrogens with zero attached hydrogens (tertiary/aromatic N) is 2. The normalized spacial score (nSPS) is 21.0. The molecule has 0 saturated heterocycles. The number of aliphatic hydroxyl groups excluding tert-OH is 1. The first-order valence-electron chi connectivity index (χ1n) is 12.6. The van der Waals surface area contributed by atoms with Gasteiger partial charge in [-0.1, -0.05) is 30.7 Å². The molecule has 4 rings (SSSR count). The van der Waals surface area contributed by atoms with Crippen LogP contribution in [-0.2, 0) is 14.8 Å². The summed E-state index contributed by atoms with van der Waals surface area (Å²) in [5.74, 6) is -0.560. The van der Waals surface area contributed by atoms with Crippen LogP contribution in [-0.4, -0.2) is 73.4 Å². The molecule has 0 bridgehead atoms. The summed E-state index contributed by atoms with van der Waals surface area (Å²) in [5.41, 5.74) is 1.59. The average Bonchev–Trinajstić information content (AvgIpc) is 3.72. The molecule has 1 heterocycles. The minimum Gasteiger partial charge on any atom is -0.486 e. The van der Waals surface area contributed by atoms with Crippen LogP contribution in [0.3, 0.4) is 0 Å². The van der Waals surface area contributed by atoms with Crippen molar-refractivity contribution >= 4 is 27.5 Å². The quantitative estimate of drug-likeness (QED) is 0.543. The van der Waals surface area contributed by atoms with Gasteiger partial charge in [0.15, 0.2) is 5.75 Å². The van der Waals surface area contributed by atoms with Crippen LogP contribution in [0.2, 0.25) is 0 Å². The summed E-state index contributed by atoms with van der Waals surface area (Å²) in [5, 5.41) is 12.7. The SMILES string of the molecule is Cc1ccc(S(=O)(=O)N(C)C[C@@H]2Oc3c(NC(=O)C4CC4)cccc3C(=O)N([C@H](C)CO)C[C@H]2C)cc1. The van der Waals surface area contributed by atoms with E-state index in [1.807, 2.05) is 13.8 Å². The second kappa shape index (κ2) is 10.8. The molecule has 3 atom stereocenters. The van der Waals surface area contributed by atoms with Gasteiger partial charge in [0.1, 0.15) is 6.10 Å². The van der Waals surface area contributed by atoms with Crippen molar-refractivity contribution in [1.29, 1.82) is 0 Å². The molecule has 200 valence electrons. The van der Waals surface area contributed by atoms with Gasteiger partial charge < -0.3 is 20.1 Å². The molecule has 1 aliphatic heterocycles. The molecule has 10 heteroatoms. The largest absolute Gasteiger partial charge is 0.486 e. The number of nitrogens with one attached hydrogen (secondary N) is 1. The first kappa shape index (κ1) is 27.1. The maximum atomic E-state index is 13.5. The first-order valence-corrected chi connectivity index (χ1v) is 14.0. The van der Waals surface area contributed by atoms with Crippen molar-refractivity contribution in [3.05, 3.63) is 53.6 Å². The number of carbonyl (C=O) groups is 2. The zero-order chi connectivity index (χ0) is 26.9. The molecule has 1 fully saturated rings. The molecular formula is C27H35N3O6S. The van der Waals surface area contributed by atoms with Gasteiger partial charge in [-0.15, -0.1) is 0 Å². The molecule has 2 amide bonds. The van der Waals surface area contributed by atoms with Gasteiger partial charge in [0.05, 0.1) is 35.3 Å². The van der Waals surface area contributed by atoms with Crippen molar-refractivity contribution < 1.29 is 27.9 Å². The Bertz CT molecular complexity index is 1260. The standard InChI is InChI=1S/C27H35N3O6S/c1-17-8-12-21(13-9-17)37(34,35)29(4)15-24-18(2)14-30(19(3)16-31)27(33)22-6-5-7-23(25(22)36-24)28-26(32)20-10-11-20/h5-9,12-13,18-20,24,31H,10-11,14-16H2,1-4H3,(H,28,32)/t18-,19-,24+/m1/s1. The van der Waals surface area contributed by atoms with E-state index in [-0.39, 0.29) is 59.6 Å². The lowest BCUT2D eigenvalue weighted by Gasteiger charge is -2.38. The number of anilines is 1. The monoisotopic (exact) mass is 529 g/mol. The van der Waals surface area contributed by atoms with Crippen molar-refractivity contribution in [2.75, 3.05) is 32.1 Å². The maximum Gasteiger partial charge on any atom is 0.258 e. The molecule has 9 nitrogen and oxygen atoms in total. The molecule has 37 heavy (non-hydrogen) atoms. The number of benzene rings is 2. The number of hydrogen-bond acceptors (Lipinski definition) is 6. The predicted molar refractivity (Wildman–Crippen MR) is 140 cm³/mol. The smallest absolute Gasteiger partial charge is 0.258 e. The number of carbonyl (C=O) groups excluding carboxylic acids is 2. The van der Waals surface area contributed by atoms with E-state index in [0.29, 0.717) is 5.69 Å². The number of rotatable bonds is 8. The van der Waals surface area contributed by atoms with Gasteiger partial charge in [0, 0.05) is 25.4 Å². The van der Waals surface area contributed by atoms with Crippen molar-refractivity contribution in [3.63, 3.8) is 0 Å². The summed E-state index contributed by atoms with van der Waals surface area (Å²) in [6, 6.07) is 11.2. The lowest BCUT2D eigenvalue weighted by atomic mass is 9.99. The Kier molecular flexibility index (Phi) is 7.91. The van der Waals surface area contributed by atoms with E-state index in [4.69, 9.17) is 4.74 Å². The Labute approximate surface area is 218 Å². The number of ether oxygens (including phenoxy) is 1. The highest BCUT2D eigenvalue weighted by Crippen LogP contribution is 2.37. The summed E-state index contributed by atoms with van der Waals surface area (Å²) in [7, 11) is -2.29. The molecule has 2 aromatic carbocycles. The third-order valence-corrected chi connectivity index (χ3v) is 8.90. The lowest BCUT2D eigenvalue weighted by Crippen LogP contribution is -2.50. The number of aliphatic hydroxyl groups is 1. The number of hydrogen-bond donors (Lipinski definition) is 2. The fraction of sp³-hybridized carbons (Fsp3) is 0.481. The molecule has 0 unspecified atom stereocenters. The highest BCUT2D eigenvalue weighted by molar-refractivity contribution is 7.89. The maximum absolute atomic E-state index is 13.5. The second-order valence-corrected chi connectivity index (χ2v) is 12.2. The van der Waals surface area contributed by atoms with Crippen LogP contribution in [0.15, 0.2) is 47.4 Å². The number of amides is 2. The molecule has 0 radical (unpaired) electrons. The zero-order valence-corrected chi connectivity index (χ0v) is 22.5. The van der Waals surface area contributed by atoms with Crippen LogP contribution in [0.5, 0.6) is 5.75 Å². The van der Waals surface area contributed by atoms with E-state index < -0.39 is 22.2 Å². The molecular weight excluding hydrogens is 494 g/mol. The molecule has 2 aromatic rings. The van der Waals surface area contributed by atoms with E-state index in [1.54, 1.807) is 54.3 Å². The number of fused-ring (bicyclic) bond motifs is 1. The first-order chi connectivity index (χ1) is 17.5. The van der Waals surface area contributed by atoms with E-state index in [9.17, 15) is 23.1 Å². The molecule has 0 aromatic heterocycles. The molecule has 2 aliphatic rings. The van der Waals surface area contributed by atoms with Gasteiger partial charge in [-0.25, -0.2) is 8.42 Å². The third kappa shape index (κ3) is 5.81. The summed E-state index contributed by atoms with van der Waals surface area (Å²) >= 11 is 0. The van der Waals surface area contributed by atoms with Crippen LogP contribution >= 0.6 is 0 Å². The number of aryl methyl sites for hydroxylation is 1. The van der Waals surface area contributed by atoms with Crippen LogP contribution in [0, 0.1) is 18.8 Å². The fourth-order valence-electron chi connectivity index (χ4n) is 4.38. The van der Waals surface area contributed by atoms with Gasteiger partial charge in [-0.05, 0) is 51.0 Å². The Morgan fingerprint density at radius 3 is 2.51 bits per heavy atom. The minimum absolute atomic E-state index is 0.0251. The highest BCUT2D eigenvalue weighted by Gasteiger charge is 2.37. The van der Waals surface area contributed by atoms with E-state index in [1.165, 1.54) is 11.4 Å². The van der Waals surface area contributed by atoms with Crippen LogP contribution < -0.4 is 10.1 Å². The zero-order valence-electron chi connectivity index (χ0n) is 21.7. The average molecular weight is 530 g/mol. The Morgan fingerprint density at radius 1 is 1.22 bits per heavy atom. The number of para-hydroxylation sites is 1. The van der Waals surface area contributed by atoms with Crippen molar-refractivity contribution in [2.24, 2.45) is 11.8 Å². The van der Waals surface area contributed by atoms with Gasteiger partial charge in [0.2, 0.25) is 15.9 Å². The molecule has 0 spiro atoms. The Hall–Kier alpha value is -2.95. The summed E-state index contributed by atoms with van der Waals surface area (Å²) < 4.78 is 34.3. The molecule has 1 aliphatic carbocycles. The van der Waals surface area contributed by atoms with Crippen LogP contribution in [0.1, 0.15) is 42.6 Å². The highest BCUT2D eigenvalue weighted by atomic mass is 32.2. The van der Waals surface area contributed by atoms with Gasteiger partial charge >= 0.3 is 0 Å². The van der Waals surface area contributed by atoms with E-state index >= 15 is 0 Å². The van der Waals surface area contributed by atoms with Crippen LogP contribution in [0.4, 0.5) is 5.69 Å². The minimum atomic E-state index is -3.79. The topological polar surface area (TPSA) is 116 Å². The van der Waals surface area contributed by atoms with Crippen molar-refractivity contribution in [2.45, 2.75) is 50.7 Å². The van der Waals surface area contributed by atoms with Crippen molar-refractivity contribution in [1.82, 2.24) is 9.21 Å². The van der Waals surface area contributed by atoms with Gasteiger partial charge in [-0.3, -0.25) is 9.59 Å². The summed E-state index contributed by atoms with van der Waals surface area (Å²) in [4.78, 5) is 27.9. The molecule has 1 saturated carbocycles. The Morgan fingerprint density at radius 2 is 1.89 bits per heavy atom. The third-order valence-electron chi connectivity index (χ3n) is 7.06. The van der Waals surface area contributed by atoms with Gasteiger partial charge in [-0.2, -0.15) is 4.31 Å². The summed E-state index contributed by atoms with van der Waals surface area (Å²) in [6.07, 6.45) is 1.01. The predicted octanol–water partition coefficient (Wildman–Crippen LogP) is 2.88. The lowest BCUT2D eigenvalue weighted by molar-refractivity contribution is -0.117. The van der Waals surface area contributed by atoms with E-state index in [2.05, 4.69) is 5.32 Å². The van der Waals surface area contributed by atoms with Gasteiger partial charge in [0.25, 0.3) is 5.91 Å². The van der Waals surface area contributed by atoms with Crippen LogP contribution in [0.25, 0.3) is 0 Å². The molecule has 2 N–H and O–H groups in total. The number of sulfonamides is 1. The Balaban J connectivity index is 1.70.